The van der Waals surface area contributed by atoms with Gasteiger partial charge in [0.05, 0.1) is 0 Å². The maximum atomic E-state index is 12.0. The Bertz CT molecular complexity index is 150. The van der Waals surface area contributed by atoms with E-state index in [-0.39, 0.29) is 0 Å². The highest BCUT2D eigenvalue weighted by atomic mass is 19.1. The summed E-state index contributed by atoms with van der Waals surface area (Å²) in [7, 11) is 0. The summed E-state index contributed by atoms with van der Waals surface area (Å²) in [6.07, 6.45) is -7.60. The molecule has 0 aromatic carbocycles. The van der Waals surface area contributed by atoms with Crippen molar-refractivity contribution in [1.29, 1.82) is 0 Å². The Morgan fingerprint density at radius 3 is 2.08 bits per heavy atom. The second-order valence-electron chi connectivity index (χ2n) is 2.69. The minimum Gasteiger partial charge on any atom is -0.387 e. The van der Waals surface area contributed by atoms with Crippen molar-refractivity contribution in [1.82, 2.24) is 0 Å². The molecule has 1 saturated heterocycles. The van der Waals surface area contributed by atoms with Gasteiger partial charge < -0.3 is 25.2 Å². The molecule has 12 heavy (non-hydrogen) atoms. The summed E-state index contributed by atoms with van der Waals surface area (Å²) in [4.78, 5) is 0. The van der Waals surface area contributed by atoms with Gasteiger partial charge in [-0.1, -0.05) is 0 Å². The van der Waals surface area contributed by atoms with E-state index in [1.807, 2.05) is 0 Å². The van der Waals surface area contributed by atoms with Crippen LogP contribution in [0.2, 0.25) is 0 Å². The molecule has 0 unspecified atom stereocenters. The van der Waals surface area contributed by atoms with Crippen LogP contribution in [-0.2, 0) is 4.74 Å². The normalized spacial score (nSPS) is 49.2. The summed E-state index contributed by atoms with van der Waals surface area (Å²) in [5, 5.41) is 35.8. The van der Waals surface area contributed by atoms with Gasteiger partial charge in [0.25, 0.3) is 0 Å². The molecule has 0 spiro atoms. The molecule has 0 amide bonds. The summed E-state index contributed by atoms with van der Waals surface area (Å²) >= 11 is 0. The van der Waals surface area contributed by atoms with Crippen LogP contribution in [0.5, 0.6) is 0 Å². The van der Waals surface area contributed by atoms with Crippen LogP contribution in [0.15, 0.2) is 0 Å². The predicted octanol–water partition coefficient (Wildman–Crippen LogP) is -2.24. The molecule has 4 N–H and O–H groups in total. The molecule has 1 aliphatic rings. The van der Waals surface area contributed by atoms with Gasteiger partial charge in [-0.2, -0.15) is 0 Å². The fourth-order valence-corrected chi connectivity index (χ4v) is 1.06. The van der Waals surface area contributed by atoms with E-state index in [1.54, 1.807) is 0 Å². The van der Waals surface area contributed by atoms with Crippen LogP contribution in [0, 0.1) is 0 Å². The third-order valence-corrected chi connectivity index (χ3v) is 1.84. The van der Waals surface area contributed by atoms with E-state index >= 15 is 0 Å². The molecule has 5 atom stereocenters. The minimum atomic E-state index is -1.65. The summed E-state index contributed by atoms with van der Waals surface area (Å²) in [5.41, 5.74) is 0. The van der Waals surface area contributed by atoms with Gasteiger partial charge in [0.1, 0.15) is 31.1 Å². The van der Waals surface area contributed by atoms with Crippen molar-refractivity contribution in [2.75, 3.05) is 6.67 Å². The second kappa shape index (κ2) is 3.63. The van der Waals surface area contributed by atoms with Crippen LogP contribution >= 0.6 is 0 Å². The van der Waals surface area contributed by atoms with Crippen molar-refractivity contribution in [2.45, 2.75) is 30.7 Å². The SMILES string of the molecule is O[C@@H]1[C@@H](O)[C@@H](O)O[C@@H](CF)[C@H]1O. The van der Waals surface area contributed by atoms with Gasteiger partial charge in [0.15, 0.2) is 6.29 Å². The van der Waals surface area contributed by atoms with Crippen molar-refractivity contribution in [3.63, 3.8) is 0 Å². The number of rotatable bonds is 1. The summed E-state index contributed by atoms with van der Waals surface area (Å²) < 4.78 is 16.5. The van der Waals surface area contributed by atoms with E-state index in [9.17, 15) is 4.39 Å². The second-order valence-corrected chi connectivity index (χ2v) is 2.69. The molecule has 1 aliphatic heterocycles. The number of hydrogen-bond donors (Lipinski definition) is 4. The lowest BCUT2D eigenvalue weighted by atomic mass is 10.00. The minimum absolute atomic E-state index is 1.03. The molecular formula is C6H11FO5. The lowest BCUT2D eigenvalue weighted by Gasteiger charge is -2.37. The predicted molar refractivity (Wildman–Crippen MR) is 34.9 cm³/mol. The maximum absolute atomic E-state index is 12.0. The van der Waals surface area contributed by atoms with E-state index in [4.69, 9.17) is 20.4 Å². The fraction of sp³-hybridized carbons (Fsp3) is 1.00. The largest absolute Gasteiger partial charge is 0.387 e. The number of ether oxygens (including phenoxy) is 1. The van der Waals surface area contributed by atoms with Crippen LogP contribution in [0.25, 0.3) is 0 Å². The van der Waals surface area contributed by atoms with Crippen molar-refractivity contribution in [3.8, 4) is 0 Å². The number of hydrogen-bond acceptors (Lipinski definition) is 5. The number of aliphatic hydroxyl groups excluding tert-OH is 4. The Labute approximate surface area is 68.0 Å². The number of aliphatic hydroxyl groups is 4. The van der Waals surface area contributed by atoms with Crippen LogP contribution in [0.4, 0.5) is 4.39 Å². The van der Waals surface area contributed by atoms with Gasteiger partial charge >= 0.3 is 0 Å². The molecule has 0 aromatic rings. The molecule has 0 saturated carbocycles. The first-order valence-corrected chi connectivity index (χ1v) is 3.51. The Balaban J connectivity index is 2.63. The quantitative estimate of drug-likeness (QED) is 0.368. The zero-order chi connectivity index (χ0) is 9.30. The van der Waals surface area contributed by atoms with Gasteiger partial charge in [-0.3, -0.25) is 0 Å². The Kier molecular flexibility index (Phi) is 2.97. The Morgan fingerprint density at radius 1 is 1.00 bits per heavy atom. The third kappa shape index (κ3) is 1.57. The lowest BCUT2D eigenvalue weighted by Crippen LogP contribution is -2.58. The van der Waals surface area contributed by atoms with Crippen molar-refractivity contribution >= 4 is 0 Å². The van der Waals surface area contributed by atoms with Gasteiger partial charge in [-0.25, -0.2) is 4.39 Å². The number of halogens is 1. The standard InChI is InChI=1S/C6H11FO5/c7-1-2-3(8)4(9)5(10)6(11)12-2/h2-6,8-11H,1H2/t2-,3+,4-,5+,6-/m0/s1. The van der Waals surface area contributed by atoms with Gasteiger partial charge in [0.2, 0.25) is 0 Å². The van der Waals surface area contributed by atoms with E-state index in [1.165, 1.54) is 0 Å². The summed E-state index contributed by atoms with van der Waals surface area (Å²) in [6, 6.07) is 0. The van der Waals surface area contributed by atoms with Crippen molar-refractivity contribution in [3.05, 3.63) is 0 Å². The summed E-state index contributed by atoms with van der Waals surface area (Å²) in [5.74, 6) is 0. The van der Waals surface area contributed by atoms with Crippen LogP contribution in [0.1, 0.15) is 0 Å². The average molecular weight is 182 g/mol. The van der Waals surface area contributed by atoms with Crippen LogP contribution in [0.3, 0.4) is 0 Å². The van der Waals surface area contributed by atoms with E-state index in [0.717, 1.165) is 0 Å². The highest BCUT2D eigenvalue weighted by Crippen LogP contribution is 2.19. The first-order valence-electron chi connectivity index (χ1n) is 3.51. The van der Waals surface area contributed by atoms with Gasteiger partial charge in [-0.15, -0.1) is 0 Å². The fourth-order valence-electron chi connectivity index (χ4n) is 1.06. The molecule has 0 radical (unpaired) electrons. The van der Waals surface area contributed by atoms with Gasteiger partial charge in [-0.05, 0) is 0 Å². The molecule has 0 aromatic heterocycles. The third-order valence-electron chi connectivity index (χ3n) is 1.84. The smallest absolute Gasteiger partial charge is 0.184 e. The van der Waals surface area contributed by atoms with E-state index in [0.29, 0.717) is 0 Å². The van der Waals surface area contributed by atoms with Crippen molar-refractivity contribution in [2.24, 2.45) is 0 Å². The summed E-state index contributed by atoms with van der Waals surface area (Å²) in [6.45, 7) is -1.03. The zero-order valence-corrected chi connectivity index (χ0v) is 6.17. The van der Waals surface area contributed by atoms with Crippen LogP contribution in [-0.4, -0.2) is 57.8 Å². The molecule has 5 nitrogen and oxygen atoms in total. The zero-order valence-electron chi connectivity index (χ0n) is 6.17. The van der Waals surface area contributed by atoms with E-state index < -0.39 is 37.4 Å². The molecule has 1 rings (SSSR count). The highest BCUT2D eigenvalue weighted by molar-refractivity contribution is 4.88. The molecule has 0 bridgehead atoms. The highest BCUT2D eigenvalue weighted by Gasteiger charge is 2.42. The first kappa shape index (κ1) is 9.82. The maximum Gasteiger partial charge on any atom is 0.184 e. The van der Waals surface area contributed by atoms with Gasteiger partial charge in [0, 0.05) is 0 Å². The lowest BCUT2D eigenvalue weighted by molar-refractivity contribution is -0.283. The van der Waals surface area contributed by atoms with Crippen LogP contribution < -0.4 is 0 Å². The van der Waals surface area contributed by atoms with Crippen molar-refractivity contribution < 1.29 is 29.6 Å². The average Bonchev–Trinajstić information content (AvgIpc) is 2.08. The van der Waals surface area contributed by atoms with E-state index in [2.05, 4.69) is 4.74 Å². The molecule has 1 fully saturated rings. The molecule has 72 valence electrons. The number of alkyl halides is 1. The topological polar surface area (TPSA) is 90.2 Å². The Hall–Kier alpha value is -0.270. The molecule has 6 heteroatoms. The molecular weight excluding hydrogens is 171 g/mol. The monoisotopic (exact) mass is 182 g/mol. The molecule has 1 heterocycles. The molecule has 0 aliphatic carbocycles. The first-order chi connectivity index (χ1) is 5.57. The Morgan fingerprint density at radius 2 is 1.58 bits per heavy atom.